The van der Waals surface area contributed by atoms with E-state index < -0.39 is 0 Å². The molecule has 2 aliphatic rings. The van der Waals surface area contributed by atoms with Crippen LogP contribution in [0.4, 0.5) is 0 Å². The van der Waals surface area contributed by atoms with Crippen molar-refractivity contribution in [1.29, 1.82) is 0 Å². The predicted molar refractivity (Wildman–Crippen MR) is 117 cm³/mol. The fourth-order valence-electron chi connectivity index (χ4n) is 4.66. The Morgan fingerprint density at radius 1 is 1.00 bits per heavy atom. The van der Waals surface area contributed by atoms with Crippen LogP contribution in [0.25, 0.3) is 10.9 Å². The Kier molecular flexibility index (Phi) is 5.45. The fraction of sp³-hybridized carbons (Fsp3) is 0.400. The molecular formula is C25H28N2O3. The van der Waals surface area contributed by atoms with Crippen LogP contribution in [0.3, 0.4) is 0 Å². The van der Waals surface area contributed by atoms with Crippen LogP contribution in [-0.4, -0.2) is 41.7 Å². The molecule has 3 heterocycles. The van der Waals surface area contributed by atoms with Crippen LogP contribution in [0.5, 0.6) is 5.88 Å². The number of ether oxygens (including phenoxy) is 2. The van der Waals surface area contributed by atoms with Crippen LogP contribution >= 0.6 is 0 Å². The zero-order valence-electron chi connectivity index (χ0n) is 17.3. The first-order valence-electron chi connectivity index (χ1n) is 11.0. The molecule has 3 aromatic rings. The van der Waals surface area contributed by atoms with Crippen LogP contribution in [0.2, 0.25) is 0 Å². The van der Waals surface area contributed by atoms with E-state index in [4.69, 9.17) is 9.47 Å². The van der Waals surface area contributed by atoms with Gasteiger partial charge < -0.3 is 14.0 Å². The Bertz CT molecular complexity index is 1020. The molecule has 2 aromatic carbocycles. The summed E-state index contributed by atoms with van der Waals surface area (Å²) in [6, 6.07) is 18.6. The molecule has 1 aromatic heterocycles. The van der Waals surface area contributed by atoms with Gasteiger partial charge in [-0.1, -0.05) is 48.5 Å². The van der Waals surface area contributed by atoms with Gasteiger partial charge in [0.1, 0.15) is 5.56 Å². The summed E-state index contributed by atoms with van der Waals surface area (Å²) in [5.41, 5.74) is 2.99. The van der Waals surface area contributed by atoms with Crippen LogP contribution < -0.4 is 4.74 Å². The molecule has 156 valence electrons. The number of nitrogens with zero attached hydrogens (tertiary/aromatic N) is 2. The maximum Gasteiger partial charge on any atom is 0.344 e. The lowest BCUT2D eigenvalue weighted by Crippen LogP contribution is -2.35. The SMILES string of the molecule is O=C(OCC1CCN(Cc2ccccc2)CC1)c1c2n(c3ccccc13)CCCO2. The van der Waals surface area contributed by atoms with Crippen molar-refractivity contribution in [3.63, 3.8) is 0 Å². The molecule has 0 bridgehead atoms. The molecule has 5 rings (SSSR count). The molecule has 0 atom stereocenters. The second-order valence-electron chi connectivity index (χ2n) is 8.35. The van der Waals surface area contributed by atoms with E-state index in [1.807, 2.05) is 24.3 Å². The Morgan fingerprint density at radius 3 is 2.60 bits per heavy atom. The average Bonchev–Trinajstić information content (AvgIpc) is 3.14. The first-order chi connectivity index (χ1) is 14.8. The van der Waals surface area contributed by atoms with Crippen LogP contribution in [0, 0.1) is 5.92 Å². The van der Waals surface area contributed by atoms with Gasteiger partial charge in [0.2, 0.25) is 5.88 Å². The standard InChI is InChI=1S/C25H28N2O3/c28-25(23-21-9-4-5-10-22(21)27-13-6-16-29-24(23)27)30-18-20-11-14-26(15-12-20)17-19-7-2-1-3-8-19/h1-5,7-10,20H,6,11-18H2. The molecule has 0 N–H and O–H groups in total. The third-order valence-corrected chi connectivity index (χ3v) is 6.30. The predicted octanol–water partition coefficient (Wildman–Crippen LogP) is 4.49. The van der Waals surface area contributed by atoms with Crippen LogP contribution in [-0.2, 0) is 17.8 Å². The van der Waals surface area contributed by atoms with Gasteiger partial charge in [-0.2, -0.15) is 0 Å². The number of esters is 1. The number of benzene rings is 2. The quantitative estimate of drug-likeness (QED) is 0.588. The normalized spacial score (nSPS) is 17.5. The van der Waals surface area contributed by atoms with E-state index in [1.165, 1.54) is 5.56 Å². The molecule has 0 saturated carbocycles. The summed E-state index contributed by atoms with van der Waals surface area (Å²) in [7, 11) is 0. The second-order valence-corrected chi connectivity index (χ2v) is 8.35. The number of piperidine rings is 1. The Balaban J connectivity index is 1.21. The van der Waals surface area contributed by atoms with Gasteiger partial charge in [0, 0.05) is 18.5 Å². The summed E-state index contributed by atoms with van der Waals surface area (Å²) in [4.78, 5) is 15.5. The summed E-state index contributed by atoms with van der Waals surface area (Å²) in [5.74, 6) is 0.838. The highest BCUT2D eigenvalue weighted by Crippen LogP contribution is 2.35. The molecule has 0 spiro atoms. The average molecular weight is 405 g/mol. The van der Waals surface area contributed by atoms with Gasteiger partial charge in [-0.3, -0.25) is 4.90 Å². The number of carbonyl (C=O) groups excluding carboxylic acids is 1. The second kappa shape index (κ2) is 8.52. The third kappa shape index (κ3) is 3.82. The highest BCUT2D eigenvalue weighted by atomic mass is 16.5. The van der Waals surface area contributed by atoms with Gasteiger partial charge in [0.05, 0.1) is 18.7 Å². The van der Waals surface area contributed by atoms with Crippen molar-refractivity contribution < 1.29 is 14.3 Å². The van der Waals surface area contributed by atoms with Crippen molar-refractivity contribution in [1.82, 2.24) is 9.47 Å². The molecule has 1 saturated heterocycles. The number of para-hydroxylation sites is 1. The molecule has 2 aliphatic heterocycles. The van der Waals surface area contributed by atoms with E-state index in [2.05, 4.69) is 39.8 Å². The highest BCUT2D eigenvalue weighted by molar-refractivity contribution is 6.07. The summed E-state index contributed by atoms with van der Waals surface area (Å²) >= 11 is 0. The van der Waals surface area contributed by atoms with E-state index in [9.17, 15) is 4.79 Å². The van der Waals surface area contributed by atoms with Gasteiger partial charge in [-0.15, -0.1) is 0 Å². The first-order valence-corrected chi connectivity index (χ1v) is 11.0. The highest BCUT2D eigenvalue weighted by Gasteiger charge is 2.28. The van der Waals surface area contributed by atoms with Gasteiger partial charge in [-0.25, -0.2) is 4.79 Å². The van der Waals surface area contributed by atoms with E-state index in [1.54, 1.807) is 0 Å². The molecule has 0 amide bonds. The Hall–Kier alpha value is -2.79. The van der Waals surface area contributed by atoms with Crippen molar-refractivity contribution in [2.45, 2.75) is 32.4 Å². The number of aromatic nitrogens is 1. The summed E-state index contributed by atoms with van der Waals surface area (Å²) < 4.78 is 13.8. The molecule has 0 unspecified atom stereocenters. The molecule has 0 radical (unpaired) electrons. The monoisotopic (exact) mass is 404 g/mol. The fourth-order valence-corrected chi connectivity index (χ4v) is 4.66. The number of rotatable bonds is 5. The molecule has 30 heavy (non-hydrogen) atoms. The van der Waals surface area contributed by atoms with Crippen molar-refractivity contribution in [2.75, 3.05) is 26.3 Å². The molecule has 5 heteroatoms. The summed E-state index contributed by atoms with van der Waals surface area (Å²) in [6.07, 6.45) is 3.08. The largest absolute Gasteiger partial charge is 0.478 e. The molecular weight excluding hydrogens is 376 g/mol. The minimum Gasteiger partial charge on any atom is -0.478 e. The number of fused-ring (bicyclic) bond motifs is 3. The summed E-state index contributed by atoms with van der Waals surface area (Å²) in [6.45, 7) is 5.10. The zero-order valence-corrected chi connectivity index (χ0v) is 17.3. The lowest BCUT2D eigenvalue weighted by molar-refractivity contribution is 0.0365. The van der Waals surface area contributed by atoms with Gasteiger partial charge in [0.15, 0.2) is 0 Å². The lowest BCUT2D eigenvalue weighted by Gasteiger charge is -2.31. The smallest absolute Gasteiger partial charge is 0.344 e. The Morgan fingerprint density at radius 2 is 1.77 bits per heavy atom. The van der Waals surface area contributed by atoms with Crippen molar-refractivity contribution >= 4 is 16.9 Å². The third-order valence-electron chi connectivity index (χ3n) is 6.30. The number of hydrogen-bond acceptors (Lipinski definition) is 4. The van der Waals surface area contributed by atoms with Crippen molar-refractivity contribution in [3.8, 4) is 5.88 Å². The first kappa shape index (κ1) is 19.2. The van der Waals surface area contributed by atoms with Crippen molar-refractivity contribution in [3.05, 3.63) is 65.7 Å². The number of aryl methyl sites for hydroxylation is 1. The van der Waals surface area contributed by atoms with Gasteiger partial charge in [0.25, 0.3) is 0 Å². The van der Waals surface area contributed by atoms with Crippen LogP contribution in [0.1, 0.15) is 35.2 Å². The van der Waals surface area contributed by atoms with E-state index in [-0.39, 0.29) is 5.97 Å². The van der Waals surface area contributed by atoms with Gasteiger partial charge >= 0.3 is 5.97 Å². The Labute approximate surface area is 177 Å². The van der Waals surface area contributed by atoms with Crippen molar-refractivity contribution in [2.24, 2.45) is 5.92 Å². The zero-order chi connectivity index (χ0) is 20.3. The van der Waals surface area contributed by atoms with E-state index in [0.29, 0.717) is 30.6 Å². The maximum absolute atomic E-state index is 13.0. The number of hydrogen-bond donors (Lipinski definition) is 0. The summed E-state index contributed by atoms with van der Waals surface area (Å²) in [5, 5.41) is 0.928. The van der Waals surface area contributed by atoms with E-state index >= 15 is 0 Å². The topological polar surface area (TPSA) is 43.7 Å². The van der Waals surface area contributed by atoms with Gasteiger partial charge in [-0.05, 0) is 49.9 Å². The minimum absolute atomic E-state index is 0.256. The number of carbonyl (C=O) groups is 1. The van der Waals surface area contributed by atoms with E-state index in [0.717, 1.165) is 56.3 Å². The molecule has 5 nitrogen and oxygen atoms in total. The molecule has 0 aliphatic carbocycles. The minimum atomic E-state index is -0.256. The maximum atomic E-state index is 13.0. The lowest BCUT2D eigenvalue weighted by atomic mass is 9.97. The molecule has 1 fully saturated rings. The number of likely N-dealkylation sites (tertiary alicyclic amines) is 1. The van der Waals surface area contributed by atoms with Crippen LogP contribution in [0.15, 0.2) is 54.6 Å².